The highest BCUT2D eigenvalue weighted by Gasteiger charge is 2.02. The predicted octanol–water partition coefficient (Wildman–Crippen LogP) is -3.10. The van der Waals surface area contributed by atoms with Crippen molar-refractivity contribution in [1.29, 1.82) is 0 Å². The molecule has 18 heteroatoms. The van der Waals surface area contributed by atoms with Gasteiger partial charge in [-0.25, -0.2) is 9.13 Å². The quantitative estimate of drug-likeness (QED) is 0.161. The maximum atomic E-state index is 10.3. The molecule has 0 heterocycles. The van der Waals surface area contributed by atoms with Crippen molar-refractivity contribution < 1.29 is 67.9 Å². The first-order chi connectivity index (χ1) is 12.3. The van der Waals surface area contributed by atoms with E-state index in [0.29, 0.717) is 0 Å². The summed E-state index contributed by atoms with van der Waals surface area (Å²) >= 11 is 0. The molecule has 0 saturated heterocycles. The second-order valence-corrected chi connectivity index (χ2v) is 6.35. The highest BCUT2D eigenvalue weighted by molar-refractivity contribution is 7.45. The van der Waals surface area contributed by atoms with Crippen LogP contribution in [0.1, 0.15) is 25.7 Å². The fourth-order valence-corrected chi connectivity index (χ4v) is 0.697. The van der Waals surface area contributed by atoms with Crippen LogP contribution in [0.3, 0.4) is 0 Å². The summed E-state index contributed by atoms with van der Waals surface area (Å²) in [5.41, 5.74) is 9.83. The smallest absolute Gasteiger partial charge is 0.466 e. The number of hydrogen-bond donors (Lipinski definition) is 10. The number of hydrogen-bond acceptors (Lipinski definition) is 8. The molecular weight excluding hydrogens is 434 g/mol. The minimum Gasteiger partial charge on any atom is -0.481 e. The molecule has 0 rings (SSSR count). The molecule has 0 atom stereocenters. The van der Waals surface area contributed by atoms with Crippen LogP contribution in [0.25, 0.3) is 0 Å². The number of phosphoric acid groups is 2. The number of carbonyl (C=O) groups excluding carboxylic acids is 2. The number of carboxylic acids is 2. The lowest BCUT2D eigenvalue weighted by Gasteiger charge is -1.90. The third-order valence-electron chi connectivity index (χ3n) is 1.69. The Bertz CT molecular complexity index is 502. The number of rotatable bonds is 8. The van der Waals surface area contributed by atoms with E-state index >= 15 is 0 Å². The normalized spacial score (nSPS) is 10.0. The largest absolute Gasteiger partial charge is 0.481 e. The first kappa shape index (κ1) is 34.0. The lowest BCUT2D eigenvalue weighted by atomic mass is 10.2. The van der Waals surface area contributed by atoms with E-state index in [1.54, 1.807) is 0 Å². The Morgan fingerprint density at radius 2 is 0.750 bits per heavy atom. The molecule has 0 aliphatic rings. The van der Waals surface area contributed by atoms with Crippen LogP contribution in [-0.2, 0) is 28.3 Å². The molecule has 16 nitrogen and oxygen atoms in total. The average molecular weight is 458 g/mol. The van der Waals surface area contributed by atoms with Gasteiger partial charge in [0.1, 0.15) is 11.6 Å². The summed E-state index contributed by atoms with van der Waals surface area (Å²) in [4.78, 5) is 83.4. The van der Waals surface area contributed by atoms with Crippen molar-refractivity contribution >= 4 is 39.2 Å². The Morgan fingerprint density at radius 3 is 0.857 bits per heavy atom. The molecule has 12 N–H and O–H groups in total. The van der Waals surface area contributed by atoms with Crippen molar-refractivity contribution in [3.05, 3.63) is 0 Å². The minimum atomic E-state index is -4.64. The molecule has 0 radical (unpaired) electrons. The number of nitrogens with two attached hydrogens (primary N) is 2. The zero-order valence-corrected chi connectivity index (χ0v) is 16.1. The van der Waals surface area contributed by atoms with E-state index in [9.17, 15) is 19.2 Å². The van der Waals surface area contributed by atoms with Crippen molar-refractivity contribution in [3.63, 3.8) is 0 Å². The van der Waals surface area contributed by atoms with Gasteiger partial charge >= 0.3 is 27.6 Å². The number of Topliss-reactive ketones (excluding diaryl/α,β-unsaturated/α-hetero) is 2. The Hall–Kier alpha value is -1.58. The summed E-state index contributed by atoms with van der Waals surface area (Å²) in [6.45, 7) is -0.124. The first-order valence-electron chi connectivity index (χ1n) is 6.77. The molecular formula is C10H24N2O14P2. The van der Waals surface area contributed by atoms with Crippen LogP contribution >= 0.6 is 15.6 Å². The van der Waals surface area contributed by atoms with Gasteiger partial charge in [-0.1, -0.05) is 0 Å². The summed E-state index contributed by atoms with van der Waals surface area (Å²) < 4.78 is 17.8. The number of carboxylic acid groups (broad SMARTS) is 2. The summed E-state index contributed by atoms with van der Waals surface area (Å²) in [6, 6.07) is 0. The van der Waals surface area contributed by atoms with Crippen molar-refractivity contribution in [2.75, 3.05) is 13.1 Å². The van der Waals surface area contributed by atoms with Gasteiger partial charge in [0.2, 0.25) is 0 Å². The molecule has 0 aromatic rings. The van der Waals surface area contributed by atoms with Gasteiger partial charge in [0.15, 0.2) is 0 Å². The fourth-order valence-electron chi connectivity index (χ4n) is 0.697. The van der Waals surface area contributed by atoms with Gasteiger partial charge in [0, 0.05) is 12.8 Å². The minimum absolute atomic E-state index is 0.0475. The molecule has 168 valence electrons. The molecule has 0 aromatic heterocycles. The van der Waals surface area contributed by atoms with Crippen LogP contribution in [0.2, 0.25) is 0 Å². The van der Waals surface area contributed by atoms with Gasteiger partial charge in [-0.05, 0) is 0 Å². The fraction of sp³-hybridized carbons (Fsp3) is 0.600. The average Bonchev–Trinajstić information content (AvgIpc) is 2.47. The Morgan fingerprint density at radius 1 is 0.571 bits per heavy atom. The second kappa shape index (κ2) is 18.8. The number of aliphatic carboxylic acids is 2. The van der Waals surface area contributed by atoms with Gasteiger partial charge < -0.3 is 51.0 Å². The third-order valence-corrected chi connectivity index (χ3v) is 1.69. The van der Waals surface area contributed by atoms with Crippen molar-refractivity contribution in [1.82, 2.24) is 0 Å². The molecule has 0 aliphatic carbocycles. The lowest BCUT2D eigenvalue weighted by molar-refractivity contribution is -0.139. The summed E-state index contributed by atoms with van der Waals surface area (Å²) in [5, 5.41) is 16.1. The summed E-state index contributed by atoms with van der Waals surface area (Å²) in [6.07, 6.45) is -0.135. The molecule has 0 aromatic carbocycles. The van der Waals surface area contributed by atoms with Crippen molar-refractivity contribution in [2.24, 2.45) is 11.5 Å². The van der Waals surface area contributed by atoms with Crippen LogP contribution in [0.15, 0.2) is 0 Å². The van der Waals surface area contributed by atoms with E-state index in [-0.39, 0.29) is 50.3 Å². The molecule has 0 spiro atoms. The molecule has 0 fully saturated rings. The van der Waals surface area contributed by atoms with E-state index in [4.69, 9.17) is 60.2 Å². The van der Waals surface area contributed by atoms with Crippen LogP contribution < -0.4 is 11.5 Å². The zero-order valence-electron chi connectivity index (χ0n) is 14.3. The Labute approximate surface area is 158 Å². The van der Waals surface area contributed by atoms with E-state index in [1.165, 1.54) is 0 Å². The summed E-state index contributed by atoms with van der Waals surface area (Å²) in [7, 11) is -9.28. The van der Waals surface area contributed by atoms with Gasteiger partial charge in [-0.15, -0.1) is 0 Å². The van der Waals surface area contributed by atoms with Gasteiger partial charge in [-0.3, -0.25) is 19.2 Å². The molecule has 0 aliphatic heterocycles. The van der Waals surface area contributed by atoms with E-state index in [2.05, 4.69) is 0 Å². The standard InChI is InChI=1S/2C5H9NO3.2H3O4P/c2*6-3-4(7)1-2-5(8)9;2*1-5(2,3)4/h2*1-3,6H2,(H,8,9);2*(H3,1,2,3,4). The Kier molecular flexibility index (Phi) is 22.8. The van der Waals surface area contributed by atoms with Crippen molar-refractivity contribution in [3.8, 4) is 0 Å². The highest BCUT2D eigenvalue weighted by Crippen LogP contribution is 2.26. The molecule has 0 bridgehead atoms. The summed E-state index contributed by atoms with van der Waals surface area (Å²) in [5.74, 6) is -2.34. The van der Waals surface area contributed by atoms with Gasteiger partial charge in [0.25, 0.3) is 0 Å². The van der Waals surface area contributed by atoms with Crippen LogP contribution in [0.4, 0.5) is 0 Å². The Balaban J connectivity index is -0.000000143. The third kappa shape index (κ3) is 86.8. The molecule has 0 saturated carbocycles. The molecule has 0 amide bonds. The predicted molar refractivity (Wildman–Crippen MR) is 90.4 cm³/mol. The van der Waals surface area contributed by atoms with E-state index < -0.39 is 27.6 Å². The first-order valence-corrected chi connectivity index (χ1v) is 9.90. The second-order valence-electron chi connectivity index (χ2n) is 4.30. The highest BCUT2D eigenvalue weighted by atomic mass is 31.2. The van der Waals surface area contributed by atoms with Crippen LogP contribution in [0.5, 0.6) is 0 Å². The number of carbonyl (C=O) groups is 4. The maximum absolute atomic E-state index is 10.3. The lowest BCUT2D eigenvalue weighted by Crippen LogP contribution is -2.14. The maximum Gasteiger partial charge on any atom is 0.466 e. The van der Waals surface area contributed by atoms with E-state index in [1.807, 2.05) is 0 Å². The van der Waals surface area contributed by atoms with Crippen LogP contribution in [-0.4, -0.2) is 76.2 Å². The van der Waals surface area contributed by atoms with Gasteiger partial charge in [-0.2, -0.15) is 0 Å². The SMILES string of the molecule is NCC(=O)CCC(=O)O.NCC(=O)CCC(=O)O.O=P(O)(O)O.O=P(O)(O)O. The number of ketones is 2. The van der Waals surface area contributed by atoms with Crippen molar-refractivity contribution in [2.45, 2.75) is 25.7 Å². The molecule has 0 unspecified atom stereocenters. The van der Waals surface area contributed by atoms with Gasteiger partial charge in [0.05, 0.1) is 25.9 Å². The molecule has 28 heavy (non-hydrogen) atoms. The monoisotopic (exact) mass is 458 g/mol. The topological polar surface area (TPSA) is 316 Å². The zero-order chi connectivity index (χ0) is 23.6. The van der Waals surface area contributed by atoms with Crippen LogP contribution in [0, 0.1) is 0 Å². The van der Waals surface area contributed by atoms with E-state index in [0.717, 1.165) is 0 Å².